The maximum Gasteiger partial charge on any atom is 0.245 e. The molecule has 0 saturated carbocycles. The topological polar surface area (TPSA) is 132 Å². The molecule has 0 saturated heterocycles. The van der Waals surface area contributed by atoms with Gasteiger partial charge in [0.05, 0.1) is 5.69 Å². The zero-order valence-electron chi connectivity index (χ0n) is 10.1. The zero-order chi connectivity index (χ0) is 14.0. The molecule has 0 aliphatic rings. The van der Waals surface area contributed by atoms with Crippen molar-refractivity contribution in [2.75, 3.05) is 11.5 Å². The summed E-state index contributed by atoms with van der Waals surface area (Å²) in [5, 5.41) is 20.7. The van der Waals surface area contributed by atoms with Gasteiger partial charge in [-0.1, -0.05) is 0 Å². The van der Waals surface area contributed by atoms with E-state index in [2.05, 4.69) is 15.3 Å². The van der Waals surface area contributed by atoms with Crippen molar-refractivity contribution < 1.29 is 9.90 Å². The Labute approximate surface area is 108 Å². The maximum atomic E-state index is 11.2. The Balaban J connectivity index is 2.33. The van der Waals surface area contributed by atoms with E-state index >= 15 is 0 Å². The lowest BCUT2D eigenvalue weighted by Crippen LogP contribution is -2.10. The van der Waals surface area contributed by atoms with Crippen molar-refractivity contribution in [2.24, 2.45) is 10.2 Å². The van der Waals surface area contributed by atoms with Gasteiger partial charge in [-0.15, -0.1) is 10.2 Å². The number of phenols is 1. The van der Waals surface area contributed by atoms with Crippen molar-refractivity contribution in [1.82, 2.24) is 9.78 Å². The molecule has 98 valence electrons. The average Bonchev–Trinajstić information content (AvgIpc) is 2.65. The van der Waals surface area contributed by atoms with Crippen molar-refractivity contribution in [3.8, 4) is 5.75 Å². The minimum Gasteiger partial charge on any atom is -0.508 e. The predicted octanol–water partition coefficient (Wildman–Crippen LogP) is 1.83. The third-order valence-corrected chi connectivity index (χ3v) is 2.33. The molecule has 0 aliphatic carbocycles. The van der Waals surface area contributed by atoms with Crippen LogP contribution in [0, 0.1) is 0 Å². The molecule has 1 aromatic heterocycles. The minimum atomic E-state index is -0.365. The van der Waals surface area contributed by atoms with Gasteiger partial charge in [0, 0.05) is 6.92 Å². The molecule has 2 rings (SSSR count). The number of nitrogen functional groups attached to an aromatic ring is 2. The van der Waals surface area contributed by atoms with Crippen LogP contribution in [0.5, 0.6) is 5.75 Å². The number of nitrogens with zero attached hydrogens (tertiary/aromatic N) is 4. The minimum absolute atomic E-state index is 0.0234. The lowest BCUT2D eigenvalue weighted by Gasteiger charge is -1.96. The van der Waals surface area contributed by atoms with Gasteiger partial charge in [-0.25, -0.2) is 0 Å². The predicted molar refractivity (Wildman–Crippen MR) is 69.6 cm³/mol. The Morgan fingerprint density at radius 2 is 1.89 bits per heavy atom. The number of aromatic hydroxyl groups is 1. The van der Waals surface area contributed by atoms with Crippen LogP contribution in [0.4, 0.5) is 23.0 Å². The van der Waals surface area contributed by atoms with Crippen LogP contribution < -0.4 is 11.5 Å². The number of benzene rings is 1. The quantitative estimate of drug-likeness (QED) is 0.708. The number of hydrogen-bond donors (Lipinski definition) is 3. The summed E-state index contributed by atoms with van der Waals surface area (Å²) in [5.41, 5.74) is 12.0. The summed E-state index contributed by atoms with van der Waals surface area (Å²) in [7, 11) is 0. The Kier molecular flexibility index (Phi) is 3.15. The van der Waals surface area contributed by atoms with Crippen molar-refractivity contribution in [2.45, 2.75) is 6.92 Å². The average molecular weight is 260 g/mol. The first-order valence-corrected chi connectivity index (χ1v) is 5.34. The van der Waals surface area contributed by atoms with Crippen LogP contribution in [-0.4, -0.2) is 20.8 Å². The highest BCUT2D eigenvalue weighted by molar-refractivity contribution is 5.85. The largest absolute Gasteiger partial charge is 0.508 e. The van der Waals surface area contributed by atoms with Gasteiger partial charge in [0.25, 0.3) is 0 Å². The summed E-state index contributed by atoms with van der Waals surface area (Å²) in [6.07, 6.45) is 0. The fraction of sp³-hybridized carbons (Fsp3) is 0.0909. The number of phenolic OH excluding ortho intramolecular Hbond substituents is 1. The second kappa shape index (κ2) is 4.77. The summed E-state index contributed by atoms with van der Waals surface area (Å²) in [6, 6.07) is 6.08. The molecule has 8 nitrogen and oxygen atoms in total. The molecular formula is C11H12N6O2. The number of nitrogens with two attached hydrogens (primary N) is 2. The normalized spacial score (nSPS) is 11.0. The number of azo groups is 1. The van der Waals surface area contributed by atoms with Gasteiger partial charge in [-0.3, -0.25) is 4.79 Å². The van der Waals surface area contributed by atoms with E-state index in [-0.39, 0.29) is 29.0 Å². The standard InChI is InChI=1S/C11H12N6O2/c1-6(18)17-11(13)9(10(12)16-17)15-14-7-2-4-8(19)5-3-7/h2-5,19H,13H2,1H3,(H2,12,16). The van der Waals surface area contributed by atoms with Crippen LogP contribution in [0.3, 0.4) is 0 Å². The van der Waals surface area contributed by atoms with E-state index in [1.165, 1.54) is 19.1 Å². The highest BCUT2D eigenvalue weighted by Gasteiger charge is 2.15. The summed E-state index contributed by atoms with van der Waals surface area (Å²) in [6.45, 7) is 1.31. The molecule has 0 atom stereocenters. The molecule has 0 aliphatic heterocycles. The van der Waals surface area contributed by atoms with Gasteiger partial charge in [0.15, 0.2) is 17.3 Å². The Hall–Kier alpha value is -2.90. The SMILES string of the molecule is CC(=O)n1nc(N)c(N=Nc2ccc(O)cc2)c1N. The molecule has 0 radical (unpaired) electrons. The molecule has 2 aromatic rings. The van der Waals surface area contributed by atoms with Crippen molar-refractivity contribution in [3.63, 3.8) is 0 Å². The van der Waals surface area contributed by atoms with E-state index in [0.717, 1.165) is 4.68 Å². The number of aromatic nitrogens is 2. The molecule has 8 heteroatoms. The lowest BCUT2D eigenvalue weighted by molar-refractivity contribution is 0.0924. The first kappa shape index (κ1) is 12.6. The third kappa shape index (κ3) is 2.51. The van der Waals surface area contributed by atoms with Crippen molar-refractivity contribution in [3.05, 3.63) is 24.3 Å². The molecule has 1 heterocycles. The number of carbonyl (C=O) groups excluding carboxylic acids is 1. The summed E-state index contributed by atoms with van der Waals surface area (Å²) >= 11 is 0. The van der Waals surface area contributed by atoms with Gasteiger partial charge in [0.2, 0.25) is 5.91 Å². The van der Waals surface area contributed by atoms with Gasteiger partial charge >= 0.3 is 0 Å². The van der Waals surface area contributed by atoms with Gasteiger partial charge < -0.3 is 16.6 Å². The number of carbonyl (C=O) groups is 1. The van der Waals surface area contributed by atoms with E-state index in [4.69, 9.17) is 16.6 Å². The van der Waals surface area contributed by atoms with Crippen LogP contribution in [0.15, 0.2) is 34.5 Å². The lowest BCUT2D eigenvalue weighted by atomic mass is 10.3. The number of anilines is 2. The monoisotopic (exact) mass is 260 g/mol. The van der Waals surface area contributed by atoms with Crippen LogP contribution in [0.25, 0.3) is 0 Å². The number of rotatable bonds is 2. The summed E-state index contributed by atoms with van der Waals surface area (Å²) in [5.74, 6) is -0.180. The second-order valence-electron chi connectivity index (χ2n) is 3.77. The molecule has 0 amide bonds. The Morgan fingerprint density at radius 3 is 2.42 bits per heavy atom. The summed E-state index contributed by atoms with van der Waals surface area (Å²) < 4.78 is 0.959. The van der Waals surface area contributed by atoms with E-state index < -0.39 is 0 Å². The van der Waals surface area contributed by atoms with Gasteiger partial charge in [0.1, 0.15) is 5.75 Å². The fourth-order valence-corrected chi connectivity index (χ4v) is 1.41. The molecule has 0 unspecified atom stereocenters. The molecule has 19 heavy (non-hydrogen) atoms. The molecular weight excluding hydrogens is 248 g/mol. The van der Waals surface area contributed by atoms with E-state index in [1.807, 2.05) is 0 Å². The first-order chi connectivity index (χ1) is 8.99. The Morgan fingerprint density at radius 1 is 1.26 bits per heavy atom. The Bertz CT molecular complexity index is 644. The highest BCUT2D eigenvalue weighted by atomic mass is 16.3. The molecule has 1 aromatic carbocycles. The zero-order valence-corrected chi connectivity index (χ0v) is 10.1. The molecule has 5 N–H and O–H groups in total. The van der Waals surface area contributed by atoms with Crippen LogP contribution in [0.2, 0.25) is 0 Å². The maximum absolute atomic E-state index is 11.2. The molecule has 0 fully saturated rings. The van der Waals surface area contributed by atoms with E-state index in [9.17, 15) is 4.79 Å². The van der Waals surface area contributed by atoms with Crippen LogP contribution >= 0.6 is 0 Å². The van der Waals surface area contributed by atoms with Crippen LogP contribution in [0.1, 0.15) is 11.7 Å². The smallest absolute Gasteiger partial charge is 0.245 e. The van der Waals surface area contributed by atoms with Gasteiger partial charge in [-0.2, -0.15) is 9.80 Å². The van der Waals surface area contributed by atoms with E-state index in [0.29, 0.717) is 5.69 Å². The third-order valence-electron chi connectivity index (χ3n) is 2.33. The number of hydrogen-bond acceptors (Lipinski definition) is 7. The van der Waals surface area contributed by atoms with Crippen LogP contribution in [-0.2, 0) is 0 Å². The fourth-order valence-electron chi connectivity index (χ4n) is 1.41. The summed E-state index contributed by atoms with van der Waals surface area (Å²) in [4.78, 5) is 11.2. The molecule has 0 bridgehead atoms. The van der Waals surface area contributed by atoms with E-state index in [1.54, 1.807) is 12.1 Å². The van der Waals surface area contributed by atoms with Crippen molar-refractivity contribution in [1.29, 1.82) is 0 Å². The second-order valence-corrected chi connectivity index (χ2v) is 3.77. The van der Waals surface area contributed by atoms with Gasteiger partial charge in [-0.05, 0) is 24.3 Å². The molecule has 0 spiro atoms. The first-order valence-electron chi connectivity index (χ1n) is 5.34. The van der Waals surface area contributed by atoms with Crippen molar-refractivity contribution >= 4 is 28.9 Å². The highest BCUT2D eigenvalue weighted by Crippen LogP contribution is 2.30.